The van der Waals surface area contributed by atoms with Gasteiger partial charge in [-0.3, -0.25) is 4.79 Å². The minimum atomic E-state index is -0.248. The van der Waals surface area contributed by atoms with E-state index in [1.807, 2.05) is 13.8 Å². The highest BCUT2D eigenvalue weighted by molar-refractivity contribution is 5.94. The first-order valence-electron chi connectivity index (χ1n) is 4.99. The fourth-order valence-corrected chi connectivity index (χ4v) is 1.20. The van der Waals surface area contributed by atoms with Gasteiger partial charge in [0.15, 0.2) is 5.69 Å². The molecule has 0 bridgehead atoms. The van der Waals surface area contributed by atoms with Gasteiger partial charge in [0.2, 0.25) is 0 Å². The summed E-state index contributed by atoms with van der Waals surface area (Å²) in [5.41, 5.74) is 0.111. The topological polar surface area (TPSA) is 53.4 Å². The van der Waals surface area contributed by atoms with Crippen molar-refractivity contribution in [1.29, 1.82) is 0 Å². The standard InChI is InChI=1S/C11H16N2O2/c1-4-8(2)13(3)11(15)10-9(14)6-5-7-12-10/h5-8,14H,4H2,1-3H3. The smallest absolute Gasteiger partial charge is 0.276 e. The molecule has 1 aromatic rings. The van der Waals surface area contributed by atoms with Gasteiger partial charge in [0.05, 0.1) is 0 Å². The largest absolute Gasteiger partial charge is 0.505 e. The highest BCUT2D eigenvalue weighted by atomic mass is 16.3. The molecule has 0 aliphatic heterocycles. The van der Waals surface area contributed by atoms with Crippen LogP contribution < -0.4 is 0 Å². The summed E-state index contributed by atoms with van der Waals surface area (Å²) in [4.78, 5) is 17.3. The lowest BCUT2D eigenvalue weighted by Gasteiger charge is -2.23. The number of nitrogens with zero attached hydrogens (tertiary/aromatic N) is 2. The molecule has 4 heteroatoms. The van der Waals surface area contributed by atoms with Gasteiger partial charge in [0, 0.05) is 19.3 Å². The minimum absolute atomic E-state index is 0.0716. The van der Waals surface area contributed by atoms with Crippen LogP contribution in [0.25, 0.3) is 0 Å². The third kappa shape index (κ3) is 2.46. The highest BCUT2D eigenvalue weighted by Gasteiger charge is 2.19. The predicted octanol–water partition coefficient (Wildman–Crippen LogP) is 1.66. The zero-order chi connectivity index (χ0) is 11.4. The molecule has 0 fully saturated rings. The molecular formula is C11H16N2O2. The molecule has 1 atom stereocenters. The third-order valence-electron chi connectivity index (χ3n) is 2.56. The molecule has 0 aliphatic carbocycles. The van der Waals surface area contributed by atoms with E-state index in [-0.39, 0.29) is 23.4 Å². The van der Waals surface area contributed by atoms with E-state index in [4.69, 9.17) is 0 Å². The number of hydrogen-bond acceptors (Lipinski definition) is 3. The monoisotopic (exact) mass is 208 g/mol. The van der Waals surface area contributed by atoms with E-state index < -0.39 is 0 Å². The van der Waals surface area contributed by atoms with Gasteiger partial charge in [-0.25, -0.2) is 4.98 Å². The van der Waals surface area contributed by atoms with Crippen molar-refractivity contribution < 1.29 is 9.90 Å². The highest BCUT2D eigenvalue weighted by Crippen LogP contribution is 2.16. The number of carbonyl (C=O) groups is 1. The molecule has 1 N–H and O–H groups in total. The van der Waals surface area contributed by atoms with Crippen molar-refractivity contribution in [2.45, 2.75) is 26.3 Å². The Morgan fingerprint density at radius 3 is 2.87 bits per heavy atom. The second kappa shape index (κ2) is 4.77. The van der Waals surface area contributed by atoms with Crippen LogP contribution in [0.3, 0.4) is 0 Å². The Balaban J connectivity index is 2.90. The first-order valence-corrected chi connectivity index (χ1v) is 4.99. The van der Waals surface area contributed by atoms with Gasteiger partial charge in [-0.1, -0.05) is 6.92 Å². The predicted molar refractivity (Wildman–Crippen MR) is 57.7 cm³/mol. The summed E-state index contributed by atoms with van der Waals surface area (Å²) < 4.78 is 0. The summed E-state index contributed by atoms with van der Waals surface area (Å²) >= 11 is 0. The Labute approximate surface area is 89.6 Å². The average molecular weight is 208 g/mol. The molecule has 0 saturated carbocycles. The minimum Gasteiger partial charge on any atom is -0.505 e. The lowest BCUT2D eigenvalue weighted by molar-refractivity contribution is 0.0731. The lowest BCUT2D eigenvalue weighted by Crippen LogP contribution is -2.35. The lowest BCUT2D eigenvalue weighted by atomic mass is 10.2. The van der Waals surface area contributed by atoms with E-state index in [2.05, 4.69) is 4.98 Å². The van der Waals surface area contributed by atoms with Crippen LogP contribution in [0.15, 0.2) is 18.3 Å². The van der Waals surface area contributed by atoms with Crippen molar-refractivity contribution in [1.82, 2.24) is 9.88 Å². The zero-order valence-electron chi connectivity index (χ0n) is 9.27. The maximum atomic E-state index is 11.9. The molecule has 0 radical (unpaired) electrons. The van der Waals surface area contributed by atoms with Gasteiger partial charge < -0.3 is 10.0 Å². The van der Waals surface area contributed by atoms with Crippen LogP contribution in [0, 0.1) is 0 Å². The van der Waals surface area contributed by atoms with Crippen molar-refractivity contribution >= 4 is 5.91 Å². The number of carbonyl (C=O) groups excluding carboxylic acids is 1. The molecule has 1 unspecified atom stereocenters. The number of hydrogen-bond donors (Lipinski definition) is 1. The van der Waals surface area contributed by atoms with Crippen molar-refractivity contribution in [2.24, 2.45) is 0 Å². The maximum Gasteiger partial charge on any atom is 0.276 e. The summed E-state index contributed by atoms with van der Waals surface area (Å²) in [5, 5.41) is 9.47. The third-order valence-corrected chi connectivity index (χ3v) is 2.56. The van der Waals surface area contributed by atoms with Crippen molar-refractivity contribution in [3.63, 3.8) is 0 Å². The van der Waals surface area contributed by atoms with Gasteiger partial charge in [0.1, 0.15) is 5.75 Å². The van der Waals surface area contributed by atoms with Gasteiger partial charge in [-0.15, -0.1) is 0 Å². The Morgan fingerprint density at radius 2 is 2.33 bits per heavy atom. The number of aromatic nitrogens is 1. The molecule has 15 heavy (non-hydrogen) atoms. The van der Waals surface area contributed by atoms with E-state index in [0.29, 0.717) is 0 Å². The average Bonchev–Trinajstić information content (AvgIpc) is 2.26. The summed E-state index contributed by atoms with van der Waals surface area (Å²) in [6, 6.07) is 3.19. The molecule has 1 aromatic heterocycles. The summed E-state index contributed by atoms with van der Waals surface area (Å²) in [6.07, 6.45) is 2.37. The molecule has 4 nitrogen and oxygen atoms in total. The molecule has 0 aromatic carbocycles. The van der Waals surface area contributed by atoms with Gasteiger partial charge in [0.25, 0.3) is 5.91 Å². The number of amides is 1. The molecule has 82 valence electrons. The van der Waals surface area contributed by atoms with Crippen LogP contribution in [0.1, 0.15) is 30.8 Å². The molecule has 0 saturated heterocycles. The number of pyridine rings is 1. The zero-order valence-corrected chi connectivity index (χ0v) is 9.27. The Kier molecular flexibility index (Phi) is 3.66. The van der Waals surface area contributed by atoms with Crippen LogP contribution in [0.5, 0.6) is 5.75 Å². The molecule has 0 spiro atoms. The van der Waals surface area contributed by atoms with Gasteiger partial charge >= 0.3 is 0 Å². The van der Waals surface area contributed by atoms with Crippen LogP contribution in [-0.2, 0) is 0 Å². The maximum absolute atomic E-state index is 11.9. The SMILES string of the molecule is CCC(C)N(C)C(=O)c1ncccc1O. The summed E-state index contributed by atoms with van der Waals surface area (Å²) in [7, 11) is 1.71. The number of aromatic hydroxyl groups is 1. The molecular weight excluding hydrogens is 192 g/mol. The second-order valence-corrected chi connectivity index (χ2v) is 3.54. The molecule has 1 heterocycles. The number of rotatable bonds is 3. The Hall–Kier alpha value is -1.58. The van der Waals surface area contributed by atoms with Crippen LogP contribution in [0.4, 0.5) is 0 Å². The van der Waals surface area contributed by atoms with Crippen molar-refractivity contribution in [3.8, 4) is 5.75 Å². The first kappa shape index (κ1) is 11.5. The van der Waals surface area contributed by atoms with Crippen LogP contribution >= 0.6 is 0 Å². The fraction of sp³-hybridized carbons (Fsp3) is 0.455. The van der Waals surface area contributed by atoms with Gasteiger partial charge in [-0.2, -0.15) is 0 Å². The van der Waals surface area contributed by atoms with E-state index in [0.717, 1.165) is 6.42 Å². The first-order chi connectivity index (χ1) is 7.07. The van der Waals surface area contributed by atoms with E-state index in [9.17, 15) is 9.90 Å². The second-order valence-electron chi connectivity index (χ2n) is 3.54. The molecule has 1 rings (SSSR count). The summed E-state index contributed by atoms with van der Waals surface area (Å²) in [6.45, 7) is 3.96. The summed E-state index contributed by atoms with van der Waals surface area (Å²) in [5.74, 6) is -0.319. The van der Waals surface area contributed by atoms with E-state index in [1.165, 1.54) is 12.3 Å². The Bertz CT molecular complexity index is 352. The fourth-order valence-electron chi connectivity index (χ4n) is 1.20. The van der Waals surface area contributed by atoms with Gasteiger partial charge in [-0.05, 0) is 25.5 Å². The molecule has 1 amide bonds. The normalized spacial score (nSPS) is 12.2. The Morgan fingerprint density at radius 1 is 1.67 bits per heavy atom. The van der Waals surface area contributed by atoms with E-state index >= 15 is 0 Å². The van der Waals surface area contributed by atoms with Crippen molar-refractivity contribution in [2.75, 3.05) is 7.05 Å². The van der Waals surface area contributed by atoms with Crippen LogP contribution in [-0.4, -0.2) is 34.0 Å². The van der Waals surface area contributed by atoms with Crippen LogP contribution in [0.2, 0.25) is 0 Å². The van der Waals surface area contributed by atoms with Crippen molar-refractivity contribution in [3.05, 3.63) is 24.0 Å². The quantitative estimate of drug-likeness (QED) is 0.821. The molecule has 0 aliphatic rings. The van der Waals surface area contributed by atoms with E-state index in [1.54, 1.807) is 18.0 Å².